The fraction of sp³-hybridized carbons (Fsp3) is 0.500. The normalized spacial score (nSPS) is 9.97. The van der Waals surface area contributed by atoms with Crippen molar-refractivity contribution >= 4 is 23.4 Å². The molecule has 0 aliphatic heterocycles. The number of carbonyl (C=O) groups excluding carboxylic acids is 2. The highest BCUT2D eigenvalue weighted by molar-refractivity contribution is 5.80. The van der Waals surface area contributed by atoms with Crippen LogP contribution in [0.5, 0.6) is 0 Å². The molecule has 1 aromatic carbocycles. The van der Waals surface area contributed by atoms with Gasteiger partial charge >= 0.3 is 11.9 Å². The number of aryl methyl sites for hydroxylation is 1. The monoisotopic (exact) mass is 505 g/mol. The summed E-state index contributed by atoms with van der Waals surface area (Å²) in [5.74, 6) is -1.87. The third kappa shape index (κ3) is 24.0. The maximum Gasteiger partial charge on any atom is 0.308 e. The van der Waals surface area contributed by atoms with E-state index in [2.05, 4.69) is 49.7 Å². The molecule has 1 aromatic rings. The predicted octanol–water partition coefficient (Wildman–Crippen LogP) is 7.39. The summed E-state index contributed by atoms with van der Waals surface area (Å²) in [7, 11) is 0. The Morgan fingerprint density at radius 2 is 1.53 bits per heavy atom. The summed E-state index contributed by atoms with van der Waals surface area (Å²) in [6.07, 6.45) is 5.83. The molecule has 0 aromatic heterocycles. The van der Waals surface area contributed by atoms with Crippen LogP contribution in [0.15, 0.2) is 55.7 Å². The van der Waals surface area contributed by atoms with E-state index in [0.717, 1.165) is 5.57 Å². The summed E-state index contributed by atoms with van der Waals surface area (Å²) in [5.41, 5.74) is 3.56. The van der Waals surface area contributed by atoms with Crippen LogP contribution in [0.4, 0.5) is 0 Å². The molecule has 36 heavy (non-hydrogen) atoms. The molecule has 0 fully saturated rings. The van der Waals surface area contributed by atoms with E-state index >= 15 is 0 Å². The van der Waals surface area contributed by atoms with Crippen LogP contribution < -0.4 is 5.32 Å². The summed E-state index contributed by atoms with van der Waals surface area (Å²) < 4.78 is 4.81. The molecule has 2 N–H and O–H groups in total. The fourth-order valence-electron chi connectivity index (χ4n) is 2.29. The molecule has 1 unspecified atom stereocenters. The summed E-state index contributed by atoms with van der Waals surface area (Å²) >= 11 is 0. The second-order valence-electron chi connectivity index (χ2n) is 6.61. The molecule has 0 saturated carbocycles. The third-order valence-electron chi connectivity index (χ3n) is 4.06. The number of hydrogen-bond acceptors (Lipinski definition) is 4. The largest absolute Gasteiger partial charge is 0.481 e. The van der Waals surface area contributed by atoms with Gasteiger partial charge in [-0.1, -0.05) is 110 Å². The molecule has 0 aliphatic carbocycles. The second-order valence-corrected chi connectivity index (χ2v) is 6.61. The Balaban J connectivity index is -0.000000239. The van der Waals surface area contributed by atoms with E-state index in [9.17, 15) is 14.4 Å². The first kappa shape index (κ1) is 40.0. The molecular formula is C30H51NO5. The molecule has 0 heterocycles. The fourth-order valence-corrected chi connectivity index (χ4v) is 2.29. The van der Waals surface area contributed by atoms with Gasteiger partial charge in [-0.05, 0) is 31.4 Å². The number of ether oxygens (including phenoxy) is 1. The van der Waals surface area contributed by atoms with Gasteiger partial charge in [-0.25, -0.2) is 0 Å². The van der Waals surface area contributed by atoms with E-state index in [0.29, 0.717) is 19.6 Å². The van der Waals surface area contributed by atoms with Gasteiger partial charge in [0.15, 0.2) is 0 Å². The van der Waals surface area contributed by atoms with Crippen LogP contribution in [0.1, 0.15) is 85.8 Å². The number of hydrogen-bond donors (Lipinski definition) is 2. The lowest BCUT2D eigenvalue weighted by atomic mass is 10.0. The Hall–Kier alpha value is -3.15. The molecule has 206 valence electrons. The van der Waals surface area contributed by atoms with Gasteiger partial charge in [0.1, 0.15) is 0 Å². The maximum atomic E-state index is 11.2. The zero-order valence-electron chi connectivity index (χ0n) is 24.1. The number of benzene rings is 1. The average molecular weight is 506 g/mol. The van der Waals surface area contributed by atoms with E-state index in [1.165, 1.54) is 11.1 Å². The van der Waals surface area contributed by atoms with E-state index in [4.69, 9.17) is 9.84 Å². The molecule has 1 atom stereocenters. The molecule has 6 heteroatoms. The third-order valence-corrected chi connectivity index (χ3v) is 4.06. The molecular weight excluding hydrogens is 454 g/mol. The lowest BCUT2D eigenvalue weighted by molar-refractivity contribution is -0.147. The smallest absolute Gasteiger partial charge is 0.308 e. The Bertz CT molecular complexity index is 736. The van der Waals surface area contributed by atoms with Crippen molar-refractivity contribution < 1.29 is 24.2 Å². The molecule has 0 bridgehead atoms. The molecule has 0 spiro atoms. The number of rotatable bonds is 11. The van der Waals surface area contributed by atoms with Gasteiger partial charge in [0.25, 0.3) is 0 Å². The van der Waals surface area contributed by atoms with Crippen LogP contribution in [0.3, 0.4) is 0 Å². The maximum absolute atomic E-state index is 11.2. The number of amides is 1. The Morgan fingerprint density at radius 3 is 1.94 bits per heavy atom. The van der Waals surface area contributed by atoms with Gasteiger partial charge in [-0.3, -0.25) is 14.4 Å². The number of esters is 1. The highest BCUT2D eigenvalue weighted by atomic mass is 16.5. The Morgan fingerprint density at radius 1 is 1.00 bits per heavy atom. The van der Waals surface area contributed by atoms with E-state index in [1.54, 1.807) is 19.9 Å². The van der Waals surface area contributed by atoms with Gasteiger partial charge < -0.3 is 15.2 Å². The standard InChI is InChI=1S/C13H14.C11H19NO5.3C2H6/c1-4-6-12(5-2)13-9-7-11(3)8-10-13;1-3-17-11(16)8(2)6-7-12-9(13)4-5-10(14)15;3*1-2/h4-10H,1-2H2,3H3;8H,3-7H2,1-2H3,(H,12,13)(H,14,15);3*1-2H3/b12-6+;;;;. The highest BCUT2D eigenvalue weighted by Gasteiger charge is 2.14. The number of aliphatic carboxylic acids is 1. The van der Waals surface area contributed by atoms with Crippen LogP contribution in [0, 0.1) is 12.8 Å². The van der Waals surface area contributed by atoms with Crippen molar-refractivity contribution in [3.05, 3.63) is 66.8 Å². The van der Waals surface area contributed by atoms with Crippen LogP contribution in [0.25, 0.3) is 5.57 Å². The first-order chi connectivity index (χ1) is 17.2. The van der Waals surface area contributed by atoms with Crippen molar-refractivity contribution in [2.24, 2.45) is 5.92 Å². The molecule has 6 nitrogen and oxygen atoms in total. The van der Waals surface area contributed by atoms with E-state index < -0.39 is 5.97 Å². The molecule has 0 saturated heterocycles. The van der Waals surface area contributed by atoms with Gasteiger partial charge in [0, 0.05) is 13.0 Å². The lowest BCUT2D eigenvalue weighted by Gasteiger charge is -2.10. The summed E-state index contributed by atoms with van der Waals surface area (Å²) in [6.45, 7) is 25.7. The van der Waals surface area contributed by atoms with Crippen LogP contribution in [-0.4, -0.2) is 36.1 Å². The molecule has 0 aliphatic rings. The zero-order valence-corrected chi connectivity index (χ0v) is 24.1. The first-order valence-electron chi connectivity index (χ1n) is 12.9. The Labute approximate surface area is 220 Å². The minimum absolute atomic E-state index is 0.0386. The summed E-state index contributed by atoms with van der Waals surface area (Å²) in [4.78, 5) is 32.6. The lowest BCUT2D eigenvalue weighted by Crippen LogP contribution is -2.27. The molecule has 1 rings (SSSR count). The Kier molecular flexibility index (Phi) is 33.2. The first-order valence-corrected chi connectivity index (χ1v) is 12.9. The zero-order chi connectivity index (χ0) is 28.9. The minimum Gasteiger partial charge on any atom is -0.481 e. The topological polar surface area (TPSA) is 92.7 Å². The van der Waals surface area contributed by atoms with Crippen molar-refractivity contribution in [2.45, 2.75) is 81.6 Å². The second kappa shape index (κ2) is 29.9. The van der Waals surface area contributed by atoms with Crippen LogP contribution in [-0.2, 0) is 19.1 Å². The van der Waals surface area contributed by atoms with Crippen molar-refractivity contribution in [2.75, 3.05) is 13.2 Å². The van der Waals surface area contributed by atoms with E-state index in [-0.39, 0.29) is 30.6 Å². The number of carboxylic acids is 1. The molecule has 1 amide bonds. The van der Waals surface area contributed by atoms with Gasteiger partial charge in [0.05, 0.1) is 18.9 Å². The van der Waals surface area contributed by atoms with Crippen molar-refractivity contribution in [3.63, 3.8) is 0 Å². The van der Waals surface area contributed by atoms with Gasteiger partial charge in [0.2, 0.25) is 5.91 Å². The number of nitrogens with one attached hydrogen (secondary N) is 1. The highest BCUT2D eigenvalue weighted by Crippen LogP contribution is 2.15. The average Bonchev–Trinajstić information content (AvgIpc) is 2.90. The summed E-state index contributed by atoms with van der Waals surface area (Å²) in [5, 5.41) is 10.9. The van der Waals surface area contributed by atoms with Crippen molar-refractivity contribution in [1.82, 2.24) is 5.32 Å². The van der Waals surface area contributed by atoms with Crippen molar-refractivity contribution in [3.8, 4) is 0 Å². The van der Waals surface area contributed by atoms with Crippen LogP contribution >= 0.6 is 0 Å². The SMILES string of the molecule is C=C/C=C(\C=C)c1ccc(C)cc1.CC.CC.CC.CCOC(=O)C(C)CCNC(=O)CCC(=O)O. The van der Waals surface area contributed by atoms with Gasteiger partial charge in [-0.2, -0.15) is 0 Å². The van der Waals surface area contributed by atoms with E-state index in [1.807, 2.05) is 53.7 Å². The number of allylic oxidation sites excluding steroid dienone is 4. The quantitative estimate of drug-likeness (QED) is 0.242. The predicted molar refractivity (Wildman–Crippen MR) is 154 cm³/mol. The molecule has 0 radical (unpaired) electrons. The van der Waals surface area contributed by atoms with Gasteiger partial charge in [-0.15, -0.1) is 0 Å². The minimum atomic E-state index is -1.000. The van der Waals surface area contributed by atoms with Crippen molar-refractivity contribution in [1.29, 1.82) is 0 Å². The van der Waals surface area contributed by atoms with Crippen LogP contribution in [0.2, 0.25) is 0 Å². The number of carboxylic acid groups (broad SMARTS) is 1. The number of carbonyl (C=O) groups is 3. The summed E-state index contributed by atoms with van der Waals surface area (Å²) in [6, 6.07) is 8.37.